The van der Waals surface area contributed by atoms with E-state index in [0.717, 1.165) is 24.5 Å². The van der Waals surface area contributed by atoms with Gasteiger partial charge in [-0.2, -0.15) is 4.39 Å². The smallest absolute Gasteiger partial charge is 0.200 e. The van der Waals surface area contributed by atoms with Gasteiger partial charge in [-0.15, -0.1) is 0 Å². The zero-order valence-corrected chi connectivity index (χ0v) is 20.6. The van der Waals surface area contributed by atoms with Crippen LogP contribution in [-0.4, -0.2) is 13.2 Å². The summed E-state index contributed by atoms with van der Waals surface area (Å²) in [4.78, 5) is 0. The molecule has 0 radical (unpaired) electrons. The fourth-order valence-electron chi connectivity index (χ4n) is 5.54. The van der Waals surface area contributed by atoms with Gasteiger partial charge in [0.1, 0.15) is 0 Å². The molecule has 0 aromatic heterocycles. The number of hydrogen-bond donors (Lipinski definition) is 0. The lowest BCUT2D eigenvalue weighted by molar-refractivity contribution is 0.0535. The van der Waals surface area contributed by atoms with Crippen molar-refractivity contribution in [2.75, 3.05) is 13.2 Å². The molecule has 0 amide bonds. The minimum absolute atomic E-state index is 0.0260. The van der Waals surface area contributed by atoms with Gasteiger partial charge in [-0.1, -0.05) is 56.2 Å². The van der Waals surface area contributed by atoms with Gasteiger partial charge in [0.25, 0.3) is 0 Å². The molecule has 0 saturated heterocycles. The third-order valence-electron chi connectivity index (χ3n) is 7.57. The maximum absolute atomic E-state index is 14.3. The van der Waals surface area contributed by atoms with Crippen LogP contribution in [0.25, 0.3) is 0 Å². The number of halogens is 2. The molecular weight excluding hydrogens is 430 g/mol. The summed E-state index contributed by atoms with van der Waals surface area (Å²) in [6.45, 7) is 5.10. The minimum Gasteiger partial charge on any atom is -0.491 e. The Hall–Kier alpha value is -2.20. The minimum atomic E-state index is -0.898. The highest BCUT2D eigenvalue weighted by Crippen LogP contribution is 2.38. The highest BCUT2D eigenvalue weighted by atomic mass is 19.2. The van der Waals surface area contributed by atoms with Gasteiger partial charge < -0.3 is 9.47 Å². The Bertz CT molecular complexity index is 959. The number of hydrogen-bond acceptors (Lipinski definition) is 2. The van der Waals surface area contributed by atoms with E-state index in [2.05, 4.69) is 37.3 Å². The molecule has 1 aliphatic heterocycles. The molecule has 1 saturated carbocycles. The van der Waals surface area contributed by atoms with Crippen LogP contribution in [0.1, 0.15) is 81.6 Å². The lowest BCUT2D eigenvalue weighted by Crippen LogP contribution is -2.21. The first-order valence-corrected chi connectivity index (χ1v) is 13.1. The van der Waals surface area contributed by atoms with Crippen molar-refractivity contribution in [3.8, 4) is 5.75 Å². The summed E-state index contributed by atoms with van der Waals surface area (Å²) in [5, 5.41) is 0. The van der Waals surface area contributed by atoms with Crippen molar-refractivity contribution >= 4 is 0 Å². The number of benzene rings is 2. The SMILES string of the molecule is CCCC1CCC(C2=CCC(c3ccc(CCc4ccc(OCC)c(F)c4F)cc3)OC2)CC1. The summed E-state index contributed by atoms with van der Waals surface area (Å²) < 4.78 is 39.8. The van der Waals surface area contributed by atoms with E-state index in [1.54, 1.807) is 13.0 Å². The molecule has 2 aromatic carbocycles. The van der Waals surface area contributed by atoms with E-state index in [1.807, 2.05) is 0 Å². The molecule has 34 heavy (non-hydrogen) atoms. The normalized spacial score (nSPS) is 22.9. The average molecular weight is 469 g/mol. The summed E-state index contributed by atoms with van der Waals surface area (Å²) in [7, 11) is 0. The highest BCUT2D eigenvalue weighted by molar-refractivity contribution is 5.32. The quantitative estimate of drug-likeness (QED) is 0.346. The van der Waals surface area contributed by atoms with Gasteiger partial charge >= 0.3 is 0 Å². The molecule has 1 unspecified atom stereocenters. The fraction of sp³-hybridized carbons (Fsp3) is 0.533. The maximum atomic E-state index is 14.3. The van der Waals surface area contributed by atoms with Crippen LogP contribution < -0.4 is 4.74 Å². The lowest BCUT2D eigenvalue weighted by atomic mass is 9.76. The summed E-state index contributed by atoms with van der Waals surface area (Å²) in [6, 6.07) is 11.5. The van der Waals surface area contributed by atoms with Gasteiger partial charge in [0.2, 0.25) is 5.82 Å². The van der Waals surface area contributed by atoms with Crippen molar-refractivity contribution in [2.24, 2.45) is 11.8 Å². The first-order chi connectivity index (χ1) is 16.6. The van der Waals surface area contributed by atoms with Crippen molar-refractivity contribution in [3.63, 3.8) is 0 Å². The largest absolute Gasteiger partial charge is 0.491 e. The average Bonchev–Trinajstić information content (AvgIpc) is 2.88. The van der Waals surface area contributed by atoms with E-state index in [1.165, 1.54) is 55.7 Å². The molecular formula is C30H38F2O2. The standard InChI is InChI=1S/C30H38F2O2/c1-3-5-21-6-11-23(12-7-21)26-17-18-27(34-20-26)24-13-8-22(9-14-24)10-15-25-16-19-28(33-4-2)30(32)29(25)31/h8-9,13-14,16-17,19,21,23,27H,3-7,10-12,15,18,20H2,1-2H3. The topological polar surface area (TPSA) is 18.5 Å². The van der Waals surface area contributed by atoms with Crippen LogP contribution in [0, 0.1) is 23.5 Å². The highest BCUT2D eigenvalue weighted by Gasteiger charge is 2.26. The molecule has 4 heteroatoms. The van der Waals surface area contributed by atoms with Crippen molar-refractivity contribution in [3.05, 3.63) is 76.4 Å². The van der Waals surface area contributed by atoms with Gasteiger partial charge in [0.05, 0.1) is 19.3 Å². The Morgan fingerprint density at radius 2 is 1.68 bits per heavy atom. The Morgan fingerprint density at radius 3 is 2.32 bits per heavy atom. The van der Waals surface area contributed by atoms with Crippen LogP contribution in [0.4, 0.5) is 8.78 Å². The molecule has 4 rings (SSSR count). The molecule has 1 aliphatic carbocycles. The second-order valence-electron chi connectivity index (χ2n) is 9.85. The zero-order chi connectivity index (χ0) is 23.9. The monoisotopic (exact) mass is 468 g/mol. The van der Waals surface area contributed by atoms with E-state index >= 15 is 0 Å². The molecule has 1 fully saturated rings. The van der Waals surface area contributed by atoms with Crippen LogP contribution >= 0.6 is 0 Å². The first kappa shape index (κ1) is 24.9. The first-order valence-electron chi connectivity index (χ1n) is 13.1. The predicted octanol–water partition coefficient (Wildman–Crippen LogP) is 8.14. The van der Waals surface area contributed by atoms with Crippen LogP contribution in [0.15, 0.2) is 48.0 Å². The zero-order valence-electron chi connectivity index (χ0n) is 20.6. The van der Waals surface area contributed by atoms with Gasteiger partial charge in [0, 0.05) is 0 Å². The van der Waals surface area contributed by atoms with Crippen LogP contribution in [0.2, 0.25) is 0 Å². The second kappa shape index (κ2) is 12.0. The molecule has 2 nitrogen and oxygen atoms in total. The molecule has 184 valence electrons. The third-order valence-corrected chi connectivity index (χ3v) is 7.57. The van der Waals surface area contributed by atoms with Crippen LogP contribution in [0.3, 0.4) is 0 Å². The molecule has 0 N–H and O–H groups in total. The van der Waals surface area contributed by atoms with Gasteiger partial charge in [0.15, 0.2) is 11.6 Å². The molecule has 2 aromatic rings. The van der Waals surface area contributed by atoms with Crippen LogP contribution in [0.5, 0.6) is 5.75 Å². The van der Waals surface area contributed by atoms with E-state index in [9.17, 15) is 8.78 Å². The van der Waals surface area contributed by atoms with Crippen molar-refractivity contribution < 1.29 is 18.3 Å². The Kier molecular flexibility index (Phi) is 8.77. The number of aryl methyl sites for hydroxylation is 2. The van der Waals surface area contributed by atoms with E-state index in [-0.39, 0.29) is 11.9 Å². The van der Waals surface area contributed by atoms with E-state index < -0.39 is 11.6 Å². The van der Waals surface area contributed by atoms with Gasteiger partial charge in [-0.3, -0.25) is 0 Å². The summed E-state index contributed by atoms with van der Waals surface area (Å²) in [5.74, 6) is -0.0843. The lowest BCUT2D eigenvalue weighted by Gasteiger charge is -2.33. The second-order valence-corrected chi connectivity index (χ2v) is 9.85. The fourth-order valence-corrected chi connectivity index (χ4v) is 5.54. The Balaban J connectivity index is 1.29. The Labute approximate surface area is 203 Å². The summed E-state index contributed by atoms with van der Waals surface area (Å²) in [6.07, 6.45) is 12.6. The summed E-state index contributed by atoms with van der Waals surface area (Å²) in [5.41, 5.74) is 4.17. The van der Waals surface area contributed by atoms with Crippen molar-refractivity contribution in [1.29, 1.82) is 0 Å². The molecule has 0 spiro atoms. The van der Waals surface area contributed by atoms with Gasteiger partial charge in [-0.25, -0.2) is 4.39 Å². The molecule has 1 atom stereocenters. The predicted molar refractivity (Wildman–Crippen MR) is 133 cm³/mol. The van der Waals surface area contributed by atoms with Crippen LogP contribution in [-0.2, 0) is 17.6 Å². The van der Waals surface area contributed by atoms with E-state index in [4.69, 9.17) is 9.47 Å². The molecule has 0 bridgehead atoms. The summed E-state index contributed by atoms with van der Waals surface area (Å²) >= 11 is 0. The number of ether oxygens (including phenoxy) is 2. The Morgan fingerprint density at radius 1 is 0.912 bits per heavy atom. The van der Waals surface area contributed by atoms with Gasteiger partial charge in [-0.05, 0) is 92.0 Å². The van der Waals surface area contributed by atoms with Crippen molar-refractivity contribution in [2.45, 2.75) is 77.7 Å². The van der Waals surface area contributed by atoms with E-state index in [0.29, 0.717) is 30.9 Å². The molecule has 1 heterocycles. The number of rotatable bonds is 9. The molecule has 2 aliphatic rings. The maximum Gasteiger partial charge on any atom is 0.200 e. The van der Waals surface area contributed by atoms with Crippen molar-refractivity contribution in [1.82, 2.24) is 0 Å². The third kappa shape index (κ3) is 6.07.